The van der Waals surface area contributed by atoms with Gasteiger partial charge >= 0.3 is 0 Å². The molecule has 8 heavy (non-hydrogen) atoms. The first kappa shape index (κ1) is 6.96. The van der Waals surface area contributed by atoms with Crippen LogP contribution in [0, 0.1) is 11.3 Å². The topological polar surface area (TPSA) is 44.1 Å². The minimum absolute atomic E-state index is 0.412. The fraction of sp³-hybridized carbons (Fsp3) is 0.600. The van der Waals surface area contributed by atoms with Crippen LogP contribution in [-0.4, -0.2) is 24.9 Å². The van der Waals surface area contributed by atoms with Crippen molar-refractivity contribution in [3.63, 3.8) is 0 Å². The Labute approximate surface area is 48.5 Å². The van der Waals surface area contributed by atoms with Crippen LogP contribution >= 0.6 is 0 Å². The van der Waals surface area contributed by atoms with Crippen molar-refractivity contribution in [2.75, 3.05) is 13.6 Å². The third-order valence-corrected chi connectivity index (χ3v) is 0.756. The summed E-state index contributed by atoms with van der Waals surface area (Å²) in [6.45, 7) is 0.528. The van der Waals surface area contributed by atoms with Crippen molar-refractivity contribution in [3.05, 3.63) is 0 Å². The van der Waals surface area contributed by atoms with Gasteiger partial charge in [-0.15, -0.1) is 0 Å². The molecule has 1 amide bonds. The van der Waals surface area contributed by atoms with Gasteiger partial charge in [0.1, 0.15) is 0 Å². The van der Waals surface area contributed by atoms with Crippen molar-refractivity contribution in [2.45, 2.75) is 6.42 Å². The summed E-state index contributed by atoms with van der Waals surface area (Å²) in [5, 5.41) is 8.02. The molecule has 0 bridgehead atoms. The Balaban J connectivity index is 3.13. The van der Waals surface area contributed by atoms with E-state index < -0.39 is 0 Å². The standard InChI is InChI=1S/C5H8N2O/c1-7(5-8)4-2-3-6/h5H,2,4H2,1H3. The average Bonchev–Trinajstić information content (AvgIpc) is 1.83. The molecule has 0 aromatic heterocycles. The first-order chi connectivity index (χ1) is 3.81. The molecule has 0 fully saturated rings. The molecule has 0 N–H and O–H groups in total. The second-order valence-corrected chi connectivity index (χ2v) is 1.49. The Kier molecular flexibility index (Phi) is 3.59. The molecule has 44 valence electrons. The van der Waals surface area contributed by atoms with Gasteiger partial charge in [0.25, 0.3) is 0 Å². The molecule has 0 spiro atoms. The molecule has 0 radical (unpaired) electrons. The van der Waals surface area contributed by atoms with E-state index in [4.69, 9.17) is 5.26 Å². The summed E-state index contributed by atoms with van der Waals surface area (Å²) in [6.07, 6.45) is 1.12. The minimum Gasteiger partial charge on any atom is -0.347 e. The zero-order chi connectivity index (χ0) is 6.41. The van der Waals surface area contributed by atoms with Gasteiger partial charge < -0.3 is 4.90 Å². The fourth-order valence-corrected chi connectivity index (χ4v) is 0.279. The van der Waals surface area contributed by atoms with Crippen LogP contribution in [0.5, 0.6) is 0 Å². The van der Waals surface area contributed by atoms with Crippen LogP contribution in [0.15, 0.2) is 0 Å². The summed E-state index contributed by atoms with van der Waals surface area (Å²) in [6, 6.07) is 1.93. The van der Waals surface area contributed by atoms with Crippen molar-refractivity contribution >= 4 is 6.41 Å². The van der Waals surface area contributed by atoms with Gasteiger partial charge in [-0.2, -0.15) is 5.26 Å². The van der Waals surface area contributed by atoms with Crippen LogP contribution in [-0.2, 0) is 4.79 Å². The van der Waals surface area contributed by atoms with E-state index in [9.17, 15) is 4.79 Å². The summed E-state index contributed by atoms with van der Waals surface area (Å²) >= 11 is 0. The van der Waals surface area contributed by atoms with Gasteiger partial charge in [-0.3, -0.25) is 4.79 Å². The lowest BCUT2D eigenvalue weighted by Gasteiger charge is -2.04. The SMILES string of the molecule is CN(C=O)CCC#N. The van der Waals surface area contributed by atoms with Gasteiger partial charge in [0.05, 0.1) is 12.5 Å². The maximum absolute atomic E-state index is 9.83. The molecule has 0 aliphatic rings. The average molecular weight is 112 g/mol. The maximum Gasteiger partial charge on any atom is 0.209 e. The highest BCUT2D eigenvalue weighted by Gasteiger charge is 1.88. The van der Waals surface area contributed by atoms with Crippen molar-refractivity contribution in [1.82, 2.24) is 4.90 Å². The number of amides is 1. The largest absolute Gasteiger partial charge is 0.347 e. The van der Waals surface area contributed by atoms with E-state index in [0.717, 1.165) is 0 Å². The molecule has 3 nitrogen and oxygen atoms in total. The van der Waals surface area contributed by atoms with Crippen molar-refractivity contribution < 1.29 is 4.79 Å². The van der Waals surface area contributed by atoms with E-state index in [0.29, 0.717) is 19.4 Å². The second-order valence-electron chi connectivity index (χ2n) is 1.49. The van der Waals surface area contributed by atoms with Crippen LogP contribution in [0.1, 0.15) is 6.42 Å². The number of nitrogens with zero attached hydrogens (tertiary/aromatic N) is 2. The minimum atomic E-state index is 0.412. The number of carbonyl (C=O) groups excluding carboxylic acids is 1. The zero-order valence-corrected chi connectivity index (χ0v) is 4.79. The summed E-state index contributed by atoms with van der Waals surface area (Å²) < 4.78 is 0. The van der Waals surface area contributed by atoms with Gasteiger partial charge in [0.15, 0.2) is 0 Å². The highest BCUT2D eigenvalue weighted by Crippen LogP contribution is 1.78. The van der Waals surface area contributed by atoms with E-state index in [1.165, 1.54) is 4.90 Å². The van der Waals surface area contributed by atoms with Crippen LogP contribution in [0.3, 0.4) is 0 Å². The lowest BCUT2D eigenvalue weighted by Crippen LogP contribution is -2.16. The quantitative estimate of drug-likeness (QED) is 0.482. The van der Waals surface area contributed by atoms with Gasteiger partial charge in [0.2, 0.25) is 6.41 Å². The monoisotopic (exact) mass is 112 g/mol. The molecule has 0 rings (SSSR count). The highest BCUT2D eigenvalue weighted by atomic mass is 16.1. The van der Waals surface area contributed by atoms with E-state index in [2.05, 4.69) is 0 Å². The Bertz CT molecular complexity index is 105. The molecule has 0 atom stereocenters. The molecular formula is C5H8N2O. The van der Waals surface area contributed by atoms with Crippen LogP contribution in [0.4, 0.5) is 0 Å². The molecule has 0 aliphatic heterocycles. The third-order valence-electron chi connectivity index (χ3n) is 0.756. The number of carbonyl (C=O) groups is 1. The molecule has 0 heterocycles. The summed E-state index contributed by atoms with van der Waals surface area (Å²) in [4.78, 5) is 11.3. The lowest BCUT2D eigenvalue weighted by molar-refractivity contribution is -0.116. The van der Waals surface area contributed by atoms with Gasteiger partial charge in [-0.05, 0) is 0 Å². The highest BCUT2D eigenvalue weighted by molar-refractivity contribution is 5.46. The summed E-state index contributed by atoms with van der Waals surface area (Å²) in [5.41, 5.74) is 0. The Morgan fingerprint density at radius 2 is 2.50 bits per heavy atom. The predicted molar refractivity (Wildman–Crippen MR) is 28.9 cm³/mol. The van der Waals surface area contributed by atoms with Crippen molar-refractivity contribution in [2.24, 2.45) is 0 Å². The second kappa shape index (κ2) is 4.13. The van der Waals surface area contributed by atoms with Crippen LogP contribution in [0.2, 0.25) is 0 Å². The van der Waals surface area contributed by atoms with Gasteiger partial charge in [-0.1, -0.05) is 0 Å². The third kappa shape index (κ3) is 3.16. The van der Waals surface area contributed by atoms with Gasteiger partial charge in [-0.25, -0.2) is 0 Å². The maximum atomic E-state index is 9.83. The van der Waals surface area contributed by atoms with Crippen LogP contribution < -0.4 is 0 Å². The number of hydrogen-bond donors (Lipinski definition) is 0. The normalized spacial score (nSPS) is 7.50. The zero-order valence-electron chi connectivity index (χ0n) is 4.79. The van der Waals surface area contributed by atoms with E-state index in [-0.39, 0.29) is 0 Å². The molecule has 0 aromatic carbocycles. The molecule has 0 unspecified atom stereocenters. The Morgan fingerprint density at radius 3 is 2.88 bits per heavy atom. The smallest absolute Gasteiger partial charge is 0.209 e. The number of hydrogen-bond acceptors (Lipinski definition) is 2. The molecule has 0 aromatic rings. The summed E-state index contributed by atoms with van der Waals surface area (Å²) in [7, 11) is 1.64. The van der Waals surface area contributed by atoms with E-state index in [1.54, 1.807) is 7.05 Å². The first-order valence-corrected chi connectivity index (χ1v) is 2.33. The fourth-order valence-electron chi connectivity index (χ4n) is 0.279. The number of nitriles is 1. The predicted octanol–water partition coefficient (Wildman–Crippen LogP) is -0.0117. The summed E-state index contributed by atoms with van der Waals surface area (Å²) in [5.74, 6) is 0. The van der Waals surface area contributed by atoms with Crippen LogP contribution in [0.25, 0.3) is 0 Å². The molecule has 3 heteroatoms. The lowest BCUT2D eigenvalue weighted by atomic mass is 10.4. The molecular weight excluding hydrogens is 104 g/mol. The van der Waals surface area contributed by atoms with E-state index in [1.807, 2.05) is 6.07 Å². The Hall–Kier alpha value is -1.04. The van der Waals surface area contributed by atoms with Crippen molar-refractivity contribution in [3.8, 4) is 6.07 Å². The number of rotatable bonds is 3. The Morgan fingerprint density at radius 1 is 1.88 bits per heavy atom. The molecule has 0 aliphatic carbocycles. The van der Waals surface area contributed by atoms with E-state index >= 15 is 0 Å². The van der Waals surface area contributed by atoms with Gasteiger partial charge in [0, 0.05) is 13.6 Å². The molecule has 0 saturated heterocycles. The first-order valence-electron chi connectivity index (χ1n) is 2.33. The molecule has 0 saturated carbocycles. The van der Waals surface area contributed by atoms with Crippen molar-refractivity contribution in [1.29, 1.82) is 5.26 Å².